The lowest BCUT2D eigenvalue weighted by molar-refractivity contribution is 0.0346. The maximum Gasteiger partial charge on any atom is 0.128 e. The lowest BCUT2D eigenvalue weighted by atomic mass is 10.1. The molecule has 3 nitrogen and oxygen atoms in total. The van der Waals surface area contributed by atoms with Gasteiger partial charge >= 0.3 is 0 Å². The van der Waals surface area contributed by atoms with Gasteiger partial charge in [-0.2, -0.15) is 0 Å². The fourth-order valence-electron chi connectivity index (χ4n) is 1.96. The summed E-state index contributed by atoms with van der Waals surface area (Å²) >= 11 is 0. The molecule has 1 aromatic heterocycles. The van der Waals surface area contributed by atoms with E-state index in [1.165, 1.54) is 6.42 Å². The van der Waals surface area contributed by atoms with Crippen LogP contribution in [0.2, 0.25) is 0 Å². The average molecular weight is 206 g/mol. The molecule has 0 aliphatic carbocycles. The van der Waals surface area contributed by atoms with Crippen molar-refractivity contribution < 1.29 is 4.74 Å². The number of rotatable bonds is 3. The van der Waals surface area contributed by atoms with Crippen molar-refractivity contribution in [3.63, 3.8) is 0 Å². The molecule has 1 saturated heterocycles. The molecule has 0 saturated carbocycles. The molecule has 0 amide bonds. The Morgan fingerprint density at radius 3 is 3.20 bits per heavy atom. The van der Waals surface area contributed by atoms with Gasteiger partial charge in [-0.25, -0.2) is 4.98 Å². The van der Waals surface area contributed by atoms with Crippen molar-refractivity contribution in [3.05, 3.63) is 24.4 Å². The highest BCUT2D eigenvalue weighted by Gasteiger charge is 2.20. The third-order valence-electron chi connectivity index (χ3n) is 2.72. The largest absolute Gasteiger partial charge is 0.375 e. The van der Waals surface area contributed by atoms with E-state index in [-0.39, 0.29) is 0 Å². The summed E-state index contributed by atoms with van der Waals surface area (Å²) in [6.45, 7) is 4.95. The molecule has 2 rings (SSSR count). The van der Waals surface area contributed by atoms with Crippen LogP contribution in [0.25, 0.3) is 0 Å². The first-order chi connectivity index (χ1) is 7.40. The van der Waals surface area contributed by atoms with E-state index in [1.807, 2.05) is 18.3 Å². The van der Waals surface area contributed by atoms with E-state index in [4.69, 9.17) is 4.74 Å². The third kappa shape index (κ3) is 2.69. The van der Waals surface area contributed by atoms with Crippen LogP contribution < -0.4 is 4.90 Å². The number of ether oxygens (including phenoxy) is 1. The summed E-state index contributed by atoms with van der Waals surface area (Å²) in [5.74, 6) is 1.07. The van der Waals surface area contributed by atoms with Crippen LogP contribution in [0.1, 0.15) is 19.8 Å². The molecule has 1 atom stereocenters. The molecule has 2 heterocycles. The Morgan fingerprint density at radius 2 is 2.47 bits per heavy atom. The summed E-state index contributed by atoms with van der Waals surface area (Å²) in [5.41, 5.74) is 0. The van der Waals surface area contributed by atoms with Crippen LogP contribution in [0.3, 0.4) is 0 Å². The Labute approximate surface area is 91.1 Å². The van der Waals surface area contributed by atoms with Crippen LogP contribution in [-0.2, 0) is 4.74 Å². The van der Waals surface area contributed by atoms with Crippen molar-refractivity contribution >= 4 is 5.82 Å². The molecule has 1 aliphatic heterocycles. The molecule has 0 spiro atoms. The molecule has 3 heteroatoms. The van der Waals surface area contributed by atoms with Crippen LogP contribution >= 0.6 is 0 Å². The SMILES string of the molecule is CCCC1CN(c2ccccn2)CCO1. The van der Waals surface area contributed by atoms with Crippen molar-refractivity contribution in [1.29, 1.82) is 0 Å². The highest BCUT2D eigenvalue weighted by atomic mass is 16.5. The third-order valence-corrected chi connectivity index (χ3v) is 2.72. The molecular weight excluding hydrogens is 188 g/mol. The average Bonchev–Trinajstić information content (AvgIpc) is 2.31. The predicted molar refractivity (Wildman–Crippen MR) is 61.1 cm³/mol. The molecule has 0 radical (unpaired) electrons. The molecule has 15 heavy (non-hydrogen) atoms. The summed E-state index contributed by atoms with van der Waals surface area (Å²) in [6.07, 6.45) is 4.55. The minimum absolute atomic E-state index is 0.380. The zero-order valence-electron chi connectivity index (χ0n) is 9.22. The Morgan fingerprint density at radius 1 is 1.53 bits per heavy atom. The van der Waals surface area contributed by atoms with Gasteiger partial charge in [-0.15, -0.1) is 0 Å². The van der Waals surface area contributed by atoms with Crippen molar-refractivity contribution in [2.24, 2.45) is 0 Å². The number of anilines is 1. The first-order valence-corrected chi connectivity index (χ1v) is 5.67. The molecule has 1 aliphatic rings. The standard InChI is InChI=1S/C12H18N2O/c1-2-5-11-10-14(8-9-15-11)12-6-3-4-7-13-12/h3-4,6-7,11H,2,5,8-10H2,1H3. The van der Waals surface area contributed by atoms with E-state index in [1.54, 1.807) is 0 Å². The Bertz CT molecular complexity index is 287. The summed E-state index contributed by atoms with van der Waals surface area (Å²) in [4.78, 5) is 6.68. The first kappa shape index (κ1) is 10.4. The van der Waals surface area contributed by atoms with E-state index >= 15 is 0 Å². The smallest absolute Gasteiger partial charge is 0.128 e. The van der Waals surface area contributed by atoms with Crippen LogP contribution in [0.15, 0.2) is 24.4 Å². The van der Waals surface area contributed by atoms with Crippen LogP contribution in [-0.4, -0.2) is 30.8 Å². The molecule has 0 bridgehead atoms. The Balaban J connectivity index is 1.98. The van der Waals surface area contributed by atoms with Gasteiger partial charge in [-0.1, -0.05) is 19.4 Å². The lowest BCUT2D eigenvalue weighted by Gasteiger charge is -2.33. The molecule has 1 unspecified atom stereocenters. The number of nitrogens with zero attached hydrogens (tertiary/aromatic N) is 2. The highest BCUT2D eigenvalue weighted by molar-refractivity contribution is 5.38. The number of pyridine rings is 1. The second kappa shape index (κ2) is 5.12. The van der Waals surface area contributed by atoms with Crippen molar-refractivity contribution in [2.45, 2.75) is 25.9 Å². The van der Waals surface area contributed by atoms with Crippen LogP contribution in [0.4, 0.5) is 5.82 Å². The van der Waals surface area contributed by atoms with Gasteiger partial charge in [-0.05, 0) is 18.6 Å². The van der Waals surface area contributed by atoms with Gasteiger partial charge in [-0.3, -0.25) is 0 Å². The zero-order valence-corrected chi connectivity index (χ0v) is 9.22. The molecule has 1 fully saturated rings. The van der Waals surface area contributed by atoms with E-state index in [0.29, 0.717) is 6.10 Å². The van der Waals surface area contributed by atoms with Gasteiger partial charge in [0, 0.05) is 19.3 Å². The summed E-state index contributed by atoms with van der Waals surface area (Å²) < 4.78 is 5.70. The van der Waals surface area contributed by atoms with E-state index in [0.717, 1.165) is 31.9 Å². The van der Waals surface area contributed by atoms with Gasteiger partial charge in [0.05, 0.1) is 12.7 Å². The second-order valence-corrected chi connectivity index (χ2v) is 3.92. The lowest BCUT2D eigenvalue weighted by Crippen LogP contribution is -2.42. The minimum Gasteiger partial charge on any atom is -0.375 e. The quantitative estimate of drug-likeness (QED) is 0.757. The maximum atomic E-state index is 5.70. The fourth-order valence-corrected chi connectivity index (χ4v) is 1.96. The van der Waals surface area contributed by atoms with Gasteiger partial charge < -0.3 is 9.64 Å². The molecule has 82 valence electrons. The molecule has 0 aromatic carbocycles. The van der Waals surface area contributed by atoms with Gasteiger partial charge in [0.2, 0.25) is 0 Å². The Hall–Kier alpha value is -1.09. The highest BCUT2D eigenvalue weighted by Crippen LogP contribution is 2.16. The maximum absolute atomic E-state index is 5.70. The van der Waals surface area contributed by atoms with Crippen molar-refractivity contribution in [3.8, 4) is 0 Å². The van der Waals surface area contributed by atoms with Crippen molar-refractivity contribution in [1.82, 2.24) is 4.98 Å². The monoisotopic (exact) mass is 206 g/mol. The summed E-state index contributed by atoms with van der Waals surface area (Å²) in [6, 6.07) is 6.05. The summed E-state index contributed by atoms with van der Waals surface area (Å²) in [7, 11) is 0. The van der Waals surface area contributed by atoms with Gasteiger partial charge in [0.1, 0.15) is 5.82 Å². The summed E-state index contributed by atoms with van der Waals surface area (Å²) in [5, 5.41) is 0. The fraction of sp³-hybridized carbons (Fsp3) is 0.583. The molecular formula is C12H18N2O. The number of hydrogen-bond acceptors (Lipinski definition) is 3. The van der Waals surface area contributed by atoms with E-state index < -0.39 is 0 Å². The minimum atomic E-state index is 0.380. The topological polar surface area (TPSA) is 25.4 Å². The Kier molecular flexibility index (Phi) is 3.56. The second-order valence-electron chi connectivity index (χ2n) is 3.92. The van der Waals surface area contributed by atoms with Crippen LogP contribution in [0.5, 0.6) is 0 Å². The van der Waals surface area contributed by atoms with E-state index in [2.05, 4.69) is 22.9 Å². The normalized spacial score (nSPS) is 21.7. The number of aromatic nitrogens is 1. The van der Waals surface area contributed by atoms with E-state index in [9.17, 15) is 0 Å². The number of hydrogen-bond donors (Lipinski definition) is 0. The zero-order chi connectivity index (χ0) is 10.5. The van der Waals surface area contributed by atoms with Gasteiger partial charge in [0.25, 0.3) is 0 Å². The predicted octanol–water partition coefficient (Wildman–Crippen LogP) is 2.09. The van der Waals surface area contributed by atoms with Crippen molar-refractivity contribution in [2.75, 3.05) is 24.6 Å². The van der Waals surface area contributed by atoms with Crippen LogP contribution in [0, 0.1) is 0 Å². The molecule has 0 N–H and O–H groups in total. The van der Waals surface area contributed by atoms with Gasteiger partial charge in [0.15, 0.2) is 0 Å². The first-order valence-electron chi connectivity index (χ1n) is 5.67. The number of morpholine rings is 1. The molecule has 1 aromatic rings.